The van der Waals surface area contributed by atoms with E-state index in [1.54, 1.807) is 0 Å². The first kappa shape index (κ1) is 12.2. The minimum Gasteiger partial charge on any atom is -0.385 e. The molecule has 21 heavy (non-hydrogen) atoms. The van der Waals surface area contributed by atoms with E-state index in [2.05, 4.69) is 59.1 Å². The molecule has 0 unspecified atom stereocenters. The largest absolute Gasteiger partial charge is 0.385 e. The maximum atomic E-state index is 4.51. The van der Waals surface area contributed by atoms with Gasteiger partial charge in [-0.15, -0.1) is 0 Å². The number of aromatic nitrogens is 2. The first-order chi connectivity index (χ1) is 10.4. The number of hydrogen-bond donors (Lipinski definition) is 1. The predicted octanol–water partition coefficient (Wildman–Crippen LogP) is 3.90. The van der Waals surface area contributed by atoms with Crippen molar-refractivity contribution in [1.82, 2.24) is 9.78 Å². The van der Waals surface area contributed by atoms with Gasteiger partial charge in [0, 0.05) is 24.0 Å². The van der Waals surface area contributed by atoms with Crippen LogP contribution in [0.2, 0.25) is 0 Å². The van der Waals surface area contributed by atoms with Gasteiger partial charge in [-0.1, -0.05) is 30.3 Å². The van der Waals surface area contributed by atoms with Crippen molar-refractivity contribution in [3.8, 4) is 16.8 Å². The monoisotopic (exact) mass is 275 g/mol. The van der Waals surface area contributed by atoms with E-state index in [1.807, 2.05) is 16.9 Å². The van der Waals surface area contributed by atoms with E-state index in [9.17, 15) is 0 Å². The van der Waals surface area contributed by atoms with Crippen LogP contribution in [0.15, 0.2) is 60.9 Å². The fourth-order valence-electron chi connectivity index (χ4n) is 2.85. The highest BCUT2D eigenvalue weighted by Gasteiger charge is 2.10. The molecule has 0 atom stereocenters. The second-order valence-electron chi connectivity index (χ2n) is 5.41. The first-order valence-electron chi connectivity index (χ1n) is 7.37. The molecule has 0 amide bonds. The van der Waals surface area contributed by atoms with Crippen molar-refractivity contribution in [3.63, 3.8) is 0 Å². The van der Waals surface area contributed by atoms with E-state index >= 15 is 0 Å². The van der Waals surface area contributed by atoms with Crippen LogP contribution < -0.4 is 5.32 Å². The van der Waals surface area contributed by atoms with Crippen molar-refractivity contribution in [2.45, 2.75) is 12.8 Å². The number of hydrogen-bond acceptors (Lipinski definition) is 2. The van der Waals surface area contributed by atoms with Crippen LogP contribution in [0.1, 0.15) is 12.0 Å². The van der Waals surface area contributed by atoms with E-state index in [0.29, 0.717) is 0 Å². The second-order valence-corrected chi connectivity index (χ2v) is 5.41. The first-order valence-corrected chi connectivity index (χ1v) is 7.37. The zero-order chi connectivity index (χ0) is 14.1. The molecule has 0 saturated heterocycles. The molecule has 2 aromatic carbocycles. The van der Waals surface area contributed by atoms with E-state index in [4.69, 9.17) is 0 Å². The van der Waals surface area contributed by atoms with Gasteiger partial charge >= 0.3 is 0 Å². The summed E-state index contributed by atoms with van der Waals surface area (Å²) in [5.41, 5.74) is 6.12. The number of anilines is 1. The number of rotatable bonds is 2. The van der Waals surface area contributed by atoms with Crippen LogP contribution in [-0.2, 0) is 6.42 Å². The number of aryl methyl sites for hydroxylation is 1. The Kier molecular flexibility index (Phi) is 2.96. The molecule has 104 valence electrons. The standard InChI is InChI=1S/C18H17N3/c1-2-5-14(6-3-1)16-12-20-21(13-16)17-8-9-18-15(11-17)7-4-10-19-18/h1-3,5-6,8-9,11-13,19H,4,7,10H2. The van der Waals surface area contributed by atoms with Gasteiger partial charge in [0.25, 0.3) is 0 Å². The Balaban J connectivity index is 1.70. The molecule has 4 rings (SSSR count). The van der Waals surface area contributed by atoms with Crippen LogP contribution in [0.5, 0.6) is 0 Å². The van der Waals surface area contributed by atoms with Gasteiger partial charge < -0.3 is 5.32 Å². The van der Waals surface area contributed by atoms with Gasteiger partial charge in [-0.25, -0.2) is 4.68 Å². The molecular weight excluding hydrogens is 258 g/mol. The Morgan fingerprint density at radius 3 is 2.81 bits per heavy atom. The average molecular weight is 275 g/mol. The van der Waals surface area contributed by atoms with Gasteiger partial charge in [0.1, 0.15) is 0 Å². The molecule has 0 saturated carbocycles. The van der Waals surface area contributed by atoms with Crippen LogP contribution >= 0.6 is 0 Å². The highest BCUT2D eigenvalue weighted by molar-refractivity contribution is 5.63. The number of benzene rings is 2. The van der Waals surface area contributed by atoms with Crippen LogP contribution in [0.3, 0.4) is 0 Å². The molecule has 2 heterocycles. The van der Waals surface area contributed by atoms with Gasteiger partial charge in [-0.2, -0.15) is 5.10 Å². The lowest BCUT2D eigenvalue weighted by molar-refractivity contribution is 0.821. The van der Waals surface area contributed by atoms with E-state index in [1.165, 1.54) is 23.2 Å². The average Bonchev–Trinajstić information content (AvgIpc) is 3.05. The number of nitrogens with one attached hydrogen (secondary N) is 1. The smallest absolute Gasteiger partial charge is 0.0650 e. The van der Waals surface area contributed by atoms with Crippen molar-refractivity contribution in [1.29, 1.82) is 0 Å². The Morgan fingerprint density at radius 1 is 1.00 bits per heavy atom. The quantitative estimate of drug-likeness (QED) is 0.768. The third-order valence-electron chi connectivity index (χ3n) is 3.98. The zero-order valence-electron chi connectivity index (χ0n) is 11.8. The van der Waals surface area contributed by atoms with Gasteiger partial charge in [-0.05, 0) is 42.2 Å². The van der Waals surface area contributed by atoms with Crippen LogP contribution in [0.25, 0.3) is 16.8 Å². The zero-order valence-corrected chi connectivity index (χ0v) is 11.8. The molecule has 1 aliphatic heterocycles. The molecular formula is C18H17N3. The molecule has 1 N–H and O–H groups in total. The summed E-state index contributed by atoms with van der Waals surface area (Å²) >= 11 is 0. The minimum absolute atomic E-state index is 1.08. The Labute approximate surface area is 124 Å². The Hall–Kier alpha value is -2.55. The number of nitrogens with zero attached hydrogens (tertiary/aromatic N) is 2. The van der Waals surface area contributed by atoms with Crippen LogP contribution in [-0.4, -0.2) is 16.3 Å². The van der Waals surface area contributed by atoms with Crippen molar-refractivity contribution < 1.29 is 0 Å². The molecule has 0 fully saturated rings. The number of fused-ring (bicyclic) bond motifs is 1. The molecule has 3 aromatic rings. The van der Waals surface area contributed by atoms with Crippen molar-refractivity contribution in [3.05, 3.63) is 66.5 Å². The van der Waals surface area contributed by atoms with E-state index < -0.39 is 0 Å². The lowest BCUT2D eigenvalue weighted by Gasteiger charge is -2.18. The fourth-order valence-corrected chi connectivity index (χ4v) is 2.85. The maximum absolute atomic E-state index is 4.51. The Bertz CT molecular complexity index is 759. The normalized spacial score (nSPS) is 13.5. The SMILES string of the molecule is c1ccc(-c2cnn(-c3ccc4c(c3)CCCN4)c2)cc1. The minimum atomic E-state index is 1.08. The molecule has 0 bridgehead atoms. The van der Waals surface area contributed by atoms with Gasteiger partial charge in [0.2, 0.25) is 0 Å². The third kappa shape index (κ3) is 2.31. The van der Waals surface area contributed by atoms with Crippen LogP contribution in [0.4, 0.5) is 5.69 Å². The summed E-state index contributed by atoms with van der Waals surface area (Å²) in [5.74, 6) is 0. The lowest BCUT2D eigenvalue weighted by atomic mass is 10.0. The fraction of sp³-hybridized carbons (Fsp3) is 0.167. The molecule has 0 spiro atoms. The molecule has 3 heteroatoms. The molecule has 1 aromatic heterocycles. The third-order valence-corrected chi connectivity index (χ3v) is 3.98. The summed E-state index contributed by atoms with van der Waals surface area (Å²) in [5, 5.41) is 7.95. The van der Waals surface area contributed by atoms with Crippen molar-refractivity contribution in [2.75, 3.05) is 11.9 Å². The summed E-state index contributed by atoms with van der Waals surface area (Å²) in [6.07, 6.45) is 6.36. The topological polar surface area (TPSA) is 29.9 Å². The summed E-state index contributed by atoms with van der Waals surface area (Å²) in [4.78, 5) is 0. The molecule has 1 aliphatic rings. The van der Waals surface area contributed by atoms with Crippen LogP contribution in [0, 0.1) is 0 Å². The lowest BCUT2D eigenvalue weighted by Crippen LogP contribution is -2.12. The summed E-state index contributed by atoms with van der Waals surface area (Å²) in [6.45, 7) is 1.08. The Morgan fingerprint density at radius 2 is 1.90 bits per heavy atom. The summed E-state index contributed by atoms with van der Waals surface area (Å²) < 4.78 is 1.96. The van der Waals surface area contributed by atoms with Crippen molar-refractivity contribution in [2.24, 2.45) is 0 Å². The van der Waals surface area contributed by atoms with E-state index in [-0.39, 0.29) is 0 Å². The van der Waals surface area contributed by atoms with Gasteiger partial charge in [0.15, 0.2) is 0 Å². The summed E-state index contributed by atoms with van der Waals surface area (Å²) in [6, 6.07) is 16.9. The predicted molar refractivity (Wildman–Crippen MR) is 85.8 cm³/mol. The van der Waals surface area contributed by atoms with Gasteiger partial charge in [-0.3, -0.25) is 0 Å². The molecule has 3 nitrogen and oxygen atoms in total. The molecule has 0 radical (unpaired) electrons. The highest BCUT2D eigenvalue weighted by atomic mass is 15.3. The van der Waals surface area contributed by atoms with Crippen molar-refractivity contribution >= 4 is 5.69 Å². The second kappa shape index (κ2) is 5.09. The van der Waals surface area contributed by atoms with Gasteiger partial charge in [0.05, 0.1) is 11.9 Å². The summed E-state index contributed by atoms with van der Waals surface area (Å²) in [7, 11) is 0. The maximum Gasteiger partial charge on any atom is 0.0650 e. The van der Waals surface area contributed by atoms with E-state index in [0.717, 1.165) is 24.2 Å². The highest BCUT2D eigenvalue weighted by Crippen LogP contribution is 2.25. The molecule has 0 aliphatic carbocycles.